The molecule has 2 aliphatic heterocycles. The SMILES string of the molecule is CN1CCC(N2CCC(NC(=O)c3n[nH]c4ccc(Cl)cc34)CC2)C1=O. The molecule has 2 fully saturated rings. The highest BCUT2D eigenvalue weighted by Gasteiger charge is 2.36. The van der Waals surface area contributed by atoms with Crippen molar-refractivity contribution in [1.29, 1.82) is 0 Å². The summed E-state index contributed by atoms with van der Waals surface area (Å²) in [6, 6.07) is 5.43. The molecule has 1 aromatic carbocycles. The van der Waals surface area contributed by atoms with Crippen molar-refractivity contribution in [2.45, 2.75) is 31.3 Å². The van der Waals surface area contributed by atoms with Crippen molar-refractivity contribution in [2.75, 3.05) is 26.7 Å². The standard InChI is InChI=1S/C18H22ClN5O2/c1-23-7-6-15(18(23)26)24-8-4-12(5-9-24)20-17(25)16-13-10-11(19)2-3-14(13)21-22-16/h2-3,10,12,15H,4-9H2,1H3,(H,20,25)(H,21,22). The van der Waals surface area contributed by atoms with Gasteiger partial charge in [-0.3, -0.25) is 19.6 Å². The van der Waals surface area contributed by atoms with Crippen LogP contribution in [0.2, 0.25) is 5.02 Å². The maximum atomic E-state index is 12.6. The Morgan fingerprint density at radius 2 is 2.04 bits per heavy atom. The molecule has 0 aliphatic carbocycles. The van der Waals surface area contributed by atoms with Crippen molar-refractivity contribution in [3.8, 4) is 0 Å². The van der Waals surface area contributed by atoms with Crippen LogP contribution in [0.1, 0.15) is 29.8 Å². The Kier molecular flexibility index (Phi) is 4.58. The number of piperidine rings is 1. The lowest BCUT2D eigenvalue weighted by atomic mass is 10.0. The van der Waals surface area contributed by atoms with Crippen molar-refractivity contribution < 1.29 is 9.59 Å². The third kappa shape index (κ3) is 3.17. The average molecular weight is 376 g/mol. The van der Waals surface area contributed by atoms with E-state index in [1.807, 2.05) is 13.1 Å². The summed E-state index contributed by atoms with van der Waals surface area (Å²) in [6.07, 6.45) is 2.57. The molecule has 2 amide bonds. The van der Waals surface area contributed by atoms with E-state index in [4.69, 9.17) is 11.6 Å². The molecule has 1 unspecified atom stereocenters. The summed E-state index contributed by atoms with van der Waals surface area (Å²) in [5, 5.41) is 11.4. The average Bonchev–Trinajstić information content (AvgIpc) is 3.19. The summed E-state index contributed by atoms with van der Waals surface area (Å²) in [7, 11) is 1.86. The summed E-state index contributed by atoms with van der Waals surface area (Å²) < 4.78 is 0. The summed E-state index contributed by atoms with van der Waals surface area (Å²) in [5.41, 5.74) is 1.16. The van der Waals surface area contributed by atoms with E-state index >= 15 is 0 Å². The number of aromatic amines is 1. The first kappa shape index (κ1) is 17.3. The zero-order valence-electron chi connectivity index (χ0n) is 14.7. The summed E-state index contributed by atoms with van der Waals surface area (Å²) >= 11 is 6.03. The monoisotopic (exact) mass is 375 g/mol. The Labute approximate surface area is 156 Å². The van der Waals surface area contributed by atoms with Crippen molar-refractivity contribution in [3.05, 3.63) is 28.9 Å². The second-order valence-electron chi connectivity index (χ2n) is 7.11. The Bertz CT molecular complexity index is 843. The van der Waals surface area contributed by atoms with Crippen molar-refractivity contribution in [1.82, 2.24) is 25.3 Å². The van der Waals surface area contributed by atoms with Crippen LogP contribution in [0.4, 0.5) is 0 Å². The minimum Gasteiger partial charge on any atom is -0.348 e. The van der Waals surface area contributed by atoms with Crippen LogP contribution in [0.5, 0.6) is 0 Å². The number of halogens is 1. The minimum absolute atomic E-state index is 0.00841. The van der Waals surface area contributed by atoms with E-state index in [9.17, 15) is 9.59 Å². The Hall–Kier alpha value is -2.12. The molecule has 138 valence electrons. The van der Waals surface area contributed by atoms with E-state index < -0.39 is 0 Å². The first-order valence-corrected chi connectivity index (χ1v) is 9.34. The Morgan fingerprint density at radius 3 is 2.73 bits per heavy atom. The highest BCUT2D eigenvalue weighted by atomic mass is 35.5. The van der Waals surface area contributed by atoms with E-state index in [2.05, 4.69) is 20.4 Å². The third-order valence-corrected chi connectivity index (χ3v) is 5.68. The van der Waals surface area contributed by atoms with E-state index in [1.165, 1.54) is 0 Å². The van der Waals surface area contributed by atoms with Gasteiger partial charge in [0.1, 0.15) is 0 Å². The van der Waals surface area contributed by atoms with Gasteiger partial charge >= 0.3 is 0 Å². The van der Waals surface area contributed by atoms with Crippen LogP contribution < -0.4 is 5.32 Å². The minimum atomic E-state index is -0.186. The van der Waals surface area contributed by atoms with Crippen LogP contribution >= 0.6 is 11.6 Å². The number of nitrogens with one attached hydrogen (secondary N) is 2. The van der Waals surface area contributed by atoms with Gasteiger partial charge in [0.15, 0.2) is 5.69 Å². The molecule has 2 aromatic rings. The lowest BCUT2D eigenvalue weighted by Gasteiger charge is -2.35. The molecule has 0 bridgehead atoms. The number of hydrogen-bond acceptors (Lipinski definition) is 4. The van der Waals surface area contributed by atoms with E-state index in [0.29, 0.717) is 10.7 Å². The van der Waals surface area contributed by atoms with Gasteiger partial charge in [-0.2, -0.15) is 5.10 Å². The number of carbonyl (C=O) groups is 2. The third-order valence-electron chi connectivity index (χ3n) is 5.44. The molecule has 8 heteroatoms. The van der Waals surface area contributed by atoms with Gasteiger partial charge in [-0.25, -0.2) is 0 Å². The van der Waals surface area contributed by atoms with Gasteiger partial charge in [-0.1, -0.05) is 11.6 Å². The molecule has 1 aromatic heterocycles. The number of hydrogen-bond donors (Lipinski definition) is 2. The van der Waals surface area contributed by atoms with Crippen molar-refractivity contribution >= 4 is 34.3 Å². The highest BCUT2D eigenvalue weighted by molar-refractivity contribution is 6.31. The van der Waals surface area contributed by atoms with E-state index in [0.717, 1.165) is 49.8 Å². The van der Waals surface area contributed by atoms with Gasteiger partial charge in [0.05, 0.1) is 11.6 Å². The predicted molar refractivity (Wildman–Crippen MR) is 99.2 cm³/mol. The lowest BCUT2D eigenvalue weighted by molar-refractivity contribution is -0.131. The predicted octanol–water partition coefficient (Wildman–Crippen LogP) is 1.64. The van der Waals surface area contributed by atoms with Crippen LogP contribution in [0.15, 0.2) is 18.2 Å². The van der Waals surface area contributed by atoms with Gasteiger partial charge in [0.2, 0.25) is 5.91 Å². The normalized spacial score (nSPS) is 22.3. The van der Waals surface area contributed by atoms with Gasteiger partial charge in [0, 0.05) is 43.1 Å². The summed E-state index contributed by atoms with van der Waals surface area (Å²) in [4.78, 5) is 28.8. The van der Waals surface area contributed by atoms with Crippen LogP contribution in [0, 0.1) is 0 Å². The molecule has 0 spiro atoms. The number of carbonyl (C=O) groups excluding carboxylic acids is 2. The molecule has 3 heterocycles. The Balaban J connectivity index is 1.37. The van der Waals surface area contributed by atoms with Gasteiger partial charge < -0.3 is 10.2 Å². The van der Waals surface area contributed by atoms with Gasteiger partial charge in [0.25, 0.3) is 5.91 Å². The smallest absolute Gasteiger partial charge is 0.272 e. The van der Waals surface area contributed by atoms with Crippen molar-refractivity contribution in [2.24, 2.45) is 0 Å². The lowest BCUT2D eigenvalue weighted by Crippen LogP contribution is -2.50. The second-order valence-corrected chi connectivity index (χ2v) is 7.55. The quantitative estimate of drug-likeness (QED) is 0.854. The van der Waals surface area contributed by atoms with Crippen LogP contribution in [0.3, 0.4) is 0 Å². The number of rotatable bonds is 3. The molecule has 0 saturated carbocycles. The first-order chi connectivity index (χ1) is 12.5. The molecule has 26 heavy (non-hydrogen) atoms. The number of fused-ring (bicyclic) bond motifs is 1. The maximum Gasteiger partial charge on any atom is 0.272 e. The number of benzene rings is 1. The topological polar surface area (TPSA) is 81.3 Å². The fraction of sp³-hybridized carbons (Fsp3) is 0.500. The van der Waals surface area contributed by atoms with Gasteiger partial charge in [-0.15, -0.1) is 0 Å². The fourth-order valence-corrected chi connectivity index (χ4v) is 4.08. The molecule has 1 atom stereocenters. The maximum absolute atomic E-state index is 12.6. The highest BCUT2D eigenvalue weighted by Crippen LogP contribution is 2.23. The molecule has 2 aliphatic rings. The zero-order chi connectivity index (χ0) is 18.3. The fourth-order valence-electron chi connectivity index (χ4n) is 3.91. The molecular formula is C18H22ClN5O2. The molecule has 7 nitrogen and oxygen atoms in total. The molecular weight excluding hydrogens is 354 g/mol. The van der Waals surface area contributed by atoms with Crippen LogP contribution in [-0.2, 0) is 4.79 Å². The number of nitrogens with zero attached hydrogens (tertiary/aromatic N) is 3. The number of H-pyrrole nitrogens is 1. The summed E-state index contributed by atoms with van der Waals surface area (Å²) in [6.45, 7) is 2.47. The number of aromatic nitrogens is 2. The first-order valence-electron chi connectivity index (χ1n) is 8.96. The van der Waals surface area contributed by atoms with E-state index in [-0.39, 0.29) is 23.9 Å². The number of likely N-dealkylation sites (tertiary alicyclic amines) is 2. The van der Waals surface area contributed by atoms with Crippen LogP contribution in [0.25, 0.3) is 10.9 Å². The van der Waals surface area contributed by atoms with E-state index in [1.54, 1.807) is 17.0 Å². The molecule has 2 N–H and O–H groups in total. The number of amides is 2. The van der Waals surface area contributed by atoms with Crippen LogP contribution in [-0.4, -0.2) is 70.6 Å². The van der Waals surface area contributed by atoms with Crippen molar-refractivity contribution in [3.63, 3.8) is 0 Å². The molecule has 0 radical (unpaired) electrons. The second kappa shape index (κ2) is 6.89. The summed E-state index contributed by atoms with van der Waals surface area (Å²) in [5.74, 6) is 0.0287. The molecule has 2 saturated heterocycles. The largest absolute Gasteiger partial charge is 0.348 e. The molecule has 4 rings (SSSR count). The van der Waals surface area contributed by atoms with Gasteiger partial charge in [-0.05, 0) is 37.5 Å². The Morgan fingerprint density at radius 1 is 1.27 bits per heavy atom. The zero-order valence-corrected chi connectivity index (χ0v) is 15.4. The number of likely N-dealkylation sites (N-methyl/N-ethyl adjacent to an activating group) is 1.